The summed E-state index contributed by atoms with van der Waals surface area (Å²) in [6.45, 7) is 6.82. The molecule has 424 valence electrons. The van der Waals surface area contributed by atoms with Gasteiger partial charge in [-0.2, -0.15) is 0 Å². The van der Waals surface area contributed by atoms with Gasteiger partial charge in [0.2, 0.25) is 5.91 Å². The van der Waals surface area contributed by atoms with E-state index in [1.807, 2.05) is 39.4 Å². The Labute approximate surface area is 446 Å². The molecule has 0 aliphatic heterocycles. The van der Waals surface area contributed by atoms with Gasteiger partial charge in [0.15, 0.2) is 0 Å². The third-order valence-corrected chi connectivity index (χ3v) is 14.8. The van der Waals surface area contributed by atoms with E-state index in [-0.39, 0.29) is 31.3 Å². The molecule has 0 bridgehead atoms. The second-order valence-corrected chi connectivity index (χ2v) is 23.6. The SMILES string of the molecule is CCCCCCCC/C=C\C/C=C/CCC(=O)NC(COP(=O)([O-])OCC[N+](C)(C)C)C(/C=C\CCCCCCCCCCCC)OC(=O)CCCCCCCCCCCCCCCCCCCCCCC. The zero-order valence-corrected chi connectivity index (χ0v) is 49.3. The summed E-state index contributed by atoms with van der Waals surface area (Å²) in [6.07, 6.45) is 62.8. The van der Waals surface area contributed by atoms with Gasteiger partial charge in [0, 0.05) is 12.8 Å². The zero-order chi connectivity index (χ0) is 52.9. The van der Waals surface area contributed by atoms with Crippen molar-refractivity contribution in [3.05, 3.63) is 36.5 Å². The number of hydrogen-bond donors (Lipinski definition) is 1. The minimum Gasteiger partial charge on any atom is -0.756 e. The van der Waals surface area contributed by atoms with Crippen LogP contribution in [0.2, 0.25) is 0 Å². The molecule has 0 spiro atoms. The molecule has 0 radical (unpaired) electrons. The fraction of sp³-hybridized carbons (Fsp3) is 0.871. The summed E-state index contributed by atoms with van der Waals surface area (Å²) in [4.78, 5) is 39.8. The molecule has 0 aliphatic carbocycles. The van der Waals surface area contributed by atoms with Crippen molar-refractivity contribution in [3.8, 4) is 0 Å². The van der Waals surface area contributed by atoms with E-state index in [0.717, 1.165) is 51.4 Å². The van der Waals surface area contributed by atoms with Crippen molar-refractivity contribution in [2.24, 2.45) is 0 Å². The monoisotopic (exact) mass is 1030 g/mol. The molecule has 0 aromatic rings. The molecule has 0 fully saturated rings. The highest BCUT2D eigenvalue weighted by Crippen LogP contribution is 2.38. The molecule has 72 heavy (non-hydrogen) atoms. The van der Waals surface area contributed by atoms with E-state index in [1.54, 1.807) is 0 Å². The van der Waals surface area contributed by atoms with Gasteiger partial charge in [-0.3, -0.25) is 14.2 Å². The van der Waals surface area contributed by atoms with Crippen LogP contribution in [0.15, 0.2) is 36.5 Å². The van der Waals surface area contributed by atoms with E-state index in [2.05, 4.69) is 44.3 Å². The Morgan fingerprint density at radius 1 is 0.486 bits per heavy atom. The molecule has 10 heteroatoms. The number of carbonyl (C=O) groups excluding carboxylic acids is 2. The molecule has 0 heterocycles. The van der Waals surface area contributed by atoms with Crippen LogP contribution in [0.25, 0.3) is 0 Å². The average Bonchev–Trinajstić information content (AvgIpc) is 3.34. The van der Waals surface area contributed by atoms with Crippen molar-refractivity contribution in [3.63, 3.8) is 0 Å². The van der Waals surface area contributed by atoms with Crippen LogP contribution in [-0.4, -0.2) is 69.4 Å². The zero-order valence-electron chi connectivity index (χ0n) is 48.4. The largest absolute Gasteiger partial charge is 0.756 e. The van der Waals surface area contributed by atoms with E-state index >= 15 is 0 Å². The molecule has 3 unspecified atom stereocenters. The highest BCUT2D eigenvalue weighted by atomic mass is 31.2. The van der Waals surface area contributed by atoms with E-state index in [1.165, 1.54) is 205 Å². The second kappa shape index (κ2) is 52.7. The van der Waals surface area contributed by atoms with Crippen LogP contribution in [0.1, 0.15) is 297 Å². The van der Waals surface area contributed by atoms with Gasteiger partial charge in [0.25, 0.3) is 7.82 Å². The number of ether oxygens (including phenoxy) is 1. The first-order chi connectivity index (χ1) is 34.9. The second-order valence-electron chi connectivity index (χ2n) is 22.2. The minimum absolute atomic E-state index is 0.0292. The number of hydrogen-bond acceptors (Lipinski definition) is 7. The third-order valence-electron chi connectivity index (χ3n) is 13.8. The molecule has 0 aromatic heterocycles. The maximum absolute atomic E-state index is 13.4. The van der Waals surface area contributed by atoms with Crippen LogP contribution in [0.4, 0.5) is 0 Å². The summed E-state index contributed by atoms with van der Waals surface area (Å²) in [6, 6.07) is -0.914. The Balaban J connectivity index is 5.22. The van der Waals surface area contributed by atoms with Crippen molar-refractivity contribution < 1.29 is 37.3 Å². The van der Waals surface area contributed by atoms with Gasteiger partial charge in [0.05, 0.1) is 33.8 Å². The Hall–Kier alpha value is -1.77. The van der Waals surface area contributed by atoms with Crippen molar-refractivity contribution >= 4 is 19.7 Å². The number of nitrogens with zero attached hydrogens (tertiary/aromatic N) is 1. The highest BCUT2D eigenvalue weighted by molar-refractivity contribution is 7.45. The van der Waals surface area contributed by atoms with E-state index < -0.39 is 26.6 Å². The third kappa shape index (κ3) is 53.1. The minimum atomic E-state index is -4.70. The van der Waals surface area contributed by atoms with Crippen LogP contribution in [0.5, 0.6) is 0 Å². The normalized spacial score (nSPS) is 13.9. The van der Waals surface area contributed by atoms with Crippen LogP contribution in [-0.2, 0) is 27.9 Å². The smallest absolute Gasteiger partial charge is 0.306 e. The molecule has 0 aliphatic rings. The fourth-order valence-corrected chi connectivity index (χ4v) is 9.77. The number of rotatable bonds is 56. The van der Waals surface area contributed by atoms with Gasteiger partial charge in [-0.1, -0.05) is 269 Å². The van der Waals surface area contributed by atoms with Gasteiger partial charge >= 0.3 is 5.97 Å². The number of allylic oxidation sites excluding steroid dienone is 5. The standard InChI is InChI=1S/C62H119N2O7P/c1-7-10-13-16-19-22-25-28-29-30-31-32-33-34-35-37-40-43-46-49-52-55-62(66)71-60(53-50-47-44-41-38-27-24-21-18-15-12-9-3)59(58-70-72(67,68)69-57-56-64(4,5)6)63-61(65)54-51-48-45-42-39-36-26-23-20-17-14-11-8-2/h36,39,45,48,50,53,59-60H,7-35,37-38,40-44,46-47,49,51-52,54-58H2,1-6H3,(H-,63,65,67,68)/b39-36-,48-45+,53-50-. The van der Waals surface area contributed by atoms with E-state index in [4.69, 9.17) is 13.8 Å². The van der Waals surface area contributed by atoms with Crippen LogP contribution in [0, 0.1) is 0 Å². The number of phosphoric ester groups is 1. The van der Waals surface area contributed by atoms with Gasteiger partial charge in [0.1, 0.15) is 19.3 Å². The summed E-state index contributed by atoms with van der Waals surface area (Å²) in [5.74, 6) is -0.607. The molecular weight excluding hydrogens is 916 g/mol. The molecule has 0 rings (SSSR count). The lowest BCUT2D eigenvalue weighted by molar-refractivity contribution is -0.870. The molecule has 1 N–H and O–H groups in total. The number of carbonyl (C=O) groups is 2. The molecular formula is C62H119N2O7P. The number of phosphoric acid groups is 1. The quantitative estimate of drug-likeness (QED) is 0.0212. The van der Waals surface area contributed by atoms with Crippen LogP contribution >= 0.6 is 7.82 Å². The Morgan fingerprint density at radius 3 is 1.28 bits per heavy atom. The Bertz CT molecular complexity index is 1330. The average molecular weight is 1040 g/mol. The van der Waals surface area contributed by atoms with Gasteiger partial charge < -0.3 is 28.5 Å². The van der Waals surface area contributed by atoms with E-state index in [9.17, 15) is 19.0 Å². The Morgan fingerprint density at radius 2 is 0.861 bits per heavy atom. The maximum Gasteiger partial charge on any atom is 0.306 e. The first-order valence-corrected chi connectivity index (χ1v) is 32.3. The van der Waals surface area contributed by atoms with Crippen molar-refractivity contribution in [1.82, 2.24) is 5.32 Å². The lowest BCUT2D eigenvalue weighted by atomic mass is 10.0. The summed E-state index contributed by atoms with van der Waals surface area (Å²) >= 11 is 0. The van der Waals surface area contributed by atoms with Gasteiger partial charge in [-0.25, -0.2) is 0 Å². The lowest BCUT2D eigenvalue weighted by Crippen LogP contribution is -2.47. The Kier molecular flexibility index (Phi) is 51.4. The maximum atomic E-state index is 13.4. The van der Waals surface area contributed by atoms with Gasteiger partial charge in [-0.15, -0.1) is 0 Å². The number of unbranched alkanes of at least 4 members (excludes halogenated alkanes) is 36. The van der Waals surface area contributed by atoms with Crippen molar-refractivity contribution in [1.29, 1.82) is 0 Å². The number of amides is 1. The number of quaternary nitrogens is 1. The predicted molar refractivity (Wildman–Crippen MR) is 307 cm³/mol. The number of nitrogens with one attached hydrogen (secondary N) is 1. The topological polar surface area (TPSA) is 114 Å². The summed E-state index contributed by atoms with van der Waals surface area (Å²) in [7, 11) is 1.16. The highest BCUT2D eigenvalue weighted by Gasteiger charge is 2.27. The summed E-state index contributed by atoms with van der Waals surface area (Å²) in [5.41, 5.74) is 0. The van der Waals surface area contributed by atoms with Crippen molar-refractivity contribution in [2.45, 2.75) is 309 Å². The molecule has 0 saturated carbocycles. The first-order valence-electron chi connectivity index (χ1n) is 30.8. The molecule has 1 amide bonds. The predicted octanol–water partition coefficient (Wildman–Crippen LogP) is 18.1. The molecule has 9 nitrogen and oxygen atoms in total. The van der Waals surface area contributed by atoms with Crippen LogP contribution < -0.4 is 10.2 Å². The van der Waals surface area contributed by atoms with Crippen LogP contribution in [0.3, 0.4) is 0 Å². The fourth-order valence-electron chi connectivity index (χ4n) is 9.04. The lowest BCUT2D eigenvalue weighted by Gasteiger charge is -2.30. The van der Waals surface area contributed by atoms with E-state index in [0.29, 0.717) is 17.4 Å². The molecule has 0 saturated heterocycles. The molecule has 3 atom stereocenters. The van der Waals surface area contributed by atoms with Crippen molar-refractivity contribution in [2.75, 3.05) is 40.9 Å². The number of esters is 1. The first kappa shape index (κ1) is 70.2. The summed E-state index contributed by atoms with van der Waals surface area (Å²) in [5, 5.41) is 2.98. The van der Waals surface area contributed by atoms with Gasteiger partial charge in [-0.05, 0) is 51.0 Å². The molecule has 0 aromatic carbocycles. The summed E-state index contributed by atoms with van der Waals surface area (Å²) < 4.78 is 30.2. The number of likely N-dealkylation sites (N-methyl/N-ethyl adjacent to an activating group) is 1.